The lowest BCUT2D eigenvalue weighted by atomic mass is 10.3. The molecule has 3 aromatic rings. The Morgan fingerprint density at radius 2 is 2.05 bits per heavy atom. The maximum Gasteiger partial charge on any atom is 0.209 e. The SMILES string of the molecule is CCn1nnc(-c2cnn(-c3ccc(F)cc3)c2SS)n1. The molecule has 0 N–H and O–H groups in total. The van der Waals surface area contributed by atoms with Gasteiger partial charge in [0.1, 0.15) is 10.8 Å². The van der Waals surface area contributed by atoms with Gasteiger partial charge < -0.3 is 0 Å². The lowest BCUT2D eigenvalue weighted by Gasteiger charge is -2.05. The third-order valence-electron chi connectivity index (χ3n) is 2.86. The molecule has 9 heteroatoms. The Hall–Kier alpha value is -1.87. The van der Waals surface area contributed by atoms with Crippen molar-refractivity contribution in [3.8, 4) is 17.1 Å². The molecule has 3 rings (SSSR count). The third-order valence-corrected chi connectivity index (χ3v) is 3.94. The van der Waals surface area contributed by atoms with Gasteiger partial charge in [-0.3, -0.25) is 0 Å². The summed E-state index contributed by atoms with van der Waals surface area (Å²) in [5.41, 5.74) is 1.47. The quantitative estimate of drug-likeness (QED) is 0.591. The summed E-state index contributed by atoms with van der Waals surface area (Å²) in [4.78, 5) is 1.50. The molecule has 0 aliphatic heterocycles. The van der Waals surface area contributed by atoms with Crippen molar-refractivity contribution in [3.63, 3.8) is 0 Å². The molecule has 0 aliphatic rings. The average Bonchev–Trinajstić information content (AvgIpc) is 3.13. The summed E-state index contributed by atoms with van der Waals surface area (Å²) in [6.45, 7) is 2.57. The molecular weight excluding hydrogens is 311 g/mol. The number of aromatic nitrogens is 6. The summed E-state index contributed by atoms with van der Waals surface area (Å²) in [5, 5.41) is 17.3. The first kappa shape index (κ1) is 14.1. The molecule has 0 saturated heterocycles. The summed E-state index contributed by atoms with van der Waals surface area (Å²) >= 11 is 4.27. The Bertz CT molecular complexity index is 751. The second-order valence-corrected chi connectivity index (χ2v) is 5.26. The zero-order valence-corrected chi connectivity index (χ0v) is 12.7. The minimum atomic E-state index is -0.293. The minimum Gasteiger partial charge on any atom is -0.226 e. The Balaban J connectivity index is 2.06. The Kier molecular flexibility index (Phi) is 3.93. The highest BCUT2D eigenvalue weighted by Gasteiger charge is 2.17. The van der Waals surface area contributed by atoms with Gasteiger partial charge in [0.25, 0.3) is 0 Å². The molecule has 0 fully saturated rings. The van der Waals surface area contributed by atoms with E-state index in [2.05, 4.69) is 32.2 Å². The van der Waals surface area contributed by atoms with Gasteiger partial charge in [0.05, 0.1) is 24.0 Å². The number of hydrogen-bond acceptors (Lipinski definition) is 6. The smallest absolute Gasteiger partial charge is 0.209 e. The maximum absolute atomic E-state index is 13.0. The fourth-order valence-electron chi connectivity index (χ4n) is 1.83. The first-order valence-corrected chi connectivity index (χ1v) is 8.03. The van der Waals surface area contributed by atoms with E-state index in [-0.39, 0.29) is 5.82 Å². The fraction of sp³-hybridized carbons (Fsp3) is 0.167. The number of hydrogen-bond donors (Lipinski definition) is 1. The van der Waals surface area contributed by atoms with Gasteiger partial charge >= 0.3 is 0 Å². The van der Waals surface area contributed by atoms with Crippen molar-refractivity contribution in [2.24, 2.45) is 0 Å². The Morgan fingerprint density at radius 3 is 2.67 bits per heavy atom. The largest absolute Gasteiger partial charge is 0.226 e. The van der Waals surface area contributed by atoms with Crippen LogP contribution in [-0.2, 0) is 6.54 Å². The van der Waals surface area contributed by atoms with Crippen molar-refractivity contribution in [2.45, 2.75) is 18.5 Å². The van der Waals surface area contributed by atoms with Crippen LogP contribution in [0.25, 0.3) is 17.1 Å². The van der Waals surface area contributed by atoms with Gasteiger partial charge in [-0.15, -0.1) is 21.9 Å². The second kappa shape index (κ2) is 5.86. The van der Waals surface area contributed by atoms with Crippen molar-refractivity contribution in [3.05, 3.63) is 36.3 Å². The standard InChI is InChI=1S/C12H11FN6S2/c1-2-18-16-11(15-17-18)10-7-14-19(12(10)21-20)9-5-3-8(13)4-6-9/h3-7,20H,2H2,1H3. The lowest BCUT2D eigenvalue weighted by Crippen LogP contribution is -1.99. The van der Waals surface area contributed by atoms with Crippen molar-refractivity contribution >= 4 is 22.5 Å². The van der Waals surface area contributed by atoms with Crippen molar-refractivity contribution in [1.29, 1.82) is 0 Å². The van der Waals surface area contributed by atoms with Gasteiger partial charge in [-0.25, -0.2) is 9.07 Å². The highest BCUT2D eigenvalue weighted by Crippen LogP contribution is 2.33. The van der Waals surface area contributed by atoms with E-state index in [1.54, 1.807) is 23.0 Å². The molecule has 0 amide bonds. The molecular formula is C12H11FN6S2. The number of nitrogens with zero attached hydrogens (tertiary/aromatic N) is 6. The summed E-state index contributed by atoms with van der Waals surface area (Å²) in [5.74, 6) is 0.195. The van der Waals surface area contributed by atoms with Gasteiger partial charge in [-0.1, -0.05) is 0 Å². The molecule has 0 spiro atoms. The van der Waals surface area contributed by atoms with Gasteiger partial charge in [0.15, 0.2) is 0 Å². The van der Waals surface area contributed by atoms with Gasteiger partial charge in [-0.2, -0.15) is 9.90 Å². The number of aryl methyl sites for hydroxylation is 1. The molecule has 0 aliphatic carbocycles. The highest BCUT2D eigenvalue weighted by molar-refractivity contribution is 8.68. The van der Waals surface area contributed by atoms with E-state index < -0.39 is 0 Å². The van der Waals surface area contributed by atoms with Crippen LogP contribution in [0.1, 0.15) is 6.92 Å². The predicted molar refractivity (Wildman–Crippen MR) is 80.9 cm³/mol. The number of halogens is 1. The van der Waals surface area contributed by atoms with Crippen molar-refractivity contribution in [1.82, 2.24) is 30.0 Å². The van der Waals surface area contributed by atoms with Crippen LogP contribution in [0, 0.1) is 5.82 Å². The van der Waals surface area contributed by atoms with Crippen LogP contribution in [0.3, 0.4) is 0 Å². The van der Waals surface area contributed by atoms with Crippen LogP contribution < -0.4 is 0 Å². The van der Waals surface area contributed by atoms with Gasteiger partial charge in [0.2, 0.25) is 5.82 Å². The molecule has 108 valence electrons. The molecule has 0 bridgehead atoms. The number of tetrazole rings is 1. The summed E-state index contributed by atoms with van der Waals surface area (Å²) in [6.07, 6.45) is 1.65. The van der Waals surface area contributed by atoms with E-state index in [1.165, 1.54) is 27.7 Å². The minimum absolute atomic E-state index is 0.293. The van der Waals surface area contributed by atoms with Crippen LogP contribution in [0.2, 0.25) is 0 Å². The molecule has 0 unspecified atom stereocenters. The highest BCUT2D eigenvalue weighted by atomic mass is 33.1. The van der Waals surface area contributed by atoms with Gasteiger partial charge in [-0.05, 0) is 47.2 Å². The molecule has 1 aromatic carbocycles. The summed E-state index contributed by atoms with van der Waals surface area (Å²) in [6, 6.07) is 6.07. The van der Waals surface area contributed by atoms with Crippen molar-refractivity contribution < 1.29 is 4.39 Å². The molecule has 2 heterocycles. The van der Waals surface area contributed by atoms with Crippen LogP contribution in [-0.4, -0.2) is 30.0 Å². The van der Waals surface area contributed by atoms with E-state index in [4.69, 9.17) is 0 Å². The zero-order valence-electron chi connectivity index (χ0n) is 11.0. The van der Waals surface area contributed by atoms with Crippen LogP contribution in [0.15, 0.2) is 35.5 Å². The van der Waals surface area contributed by atoms with Gasteiger partial charge in [0, 0.05) is 0 Å². The topological polar surface area (TPSA) is 61.4 Å². The van der Waals surface area contributed by atoms with E-state index in [0.717, 1.165) is 16.3 Å². The zero-order chi connectivity index (χ0) is 14.8. The molecule has 6 nitrogen and oxygen atoms in total. The normalized spacial score (nSPS) is 11.0. The monoisotopic (exact) mass is 322 g/mol. The van der Waals surface area contributed by atoms with Crippen molar-refractivity contribution in [2.75, 3.05) is 0 Å². The fourth-order valence-corrected chi connectivity index (χ4v) is 2.83. The molecule has 0 atom stereocenters. The number of benzene rings is 1. The van der Waals surface area contributed by atoms with E-state index in [1.807, 2.05) is 6.92 Å². The van der Waals surface area contributed by atoms with E-state index in [0.29, 0.717) is 12.4 Å². The number of thiol groups is 1. The molecule has 0 radical (unpaired) electrons. The molecule has 0 saturated carbocycles. The summed E-state index contributed by atoms with van der Waals surface area (Å²) in [7, 11) is 1.22. The van der Waals surface area contributed by atoms with Crippen LogP contribution >= 0.6 is 22.5 Å². The van der Waals surface area contributed by atoms with E-state index >= 15 is 0 Å². The second-order valence-electron chi connectivity index (χ2n) is 4.14. The number of rotatable bonds is 4. The first-order valence-electron chi connectivity index (χ1n) is 6.16. The average molecular weight is 322 g/mol. The predicted octanol–water partition coefficient (Wildman–Crippen LogP) is 2.62. The van der Waals surface area contributed by atoms with E-state index in [9.17, 15) is 4.39 Å². The maximum atomic E-state index is 13.0. The molecule has 2 aromatic heterocycles. The first-order chi connectivity index (χ1) is 10.2. The van der Waals surface area contributed by atoms with Crippen LogP contribution in [0.4, 0.5) is 4.39 Å². The lowest BCUT2D eigenvalue weighted by molar-refractivity contribution is 0.552. The Labute approximate surface area is 129 Å². The molecule has 21 heavy (non-hydrogen) atoms. The Morgan fingerprint density at radius 1 is 1.29 bits per heavy atom. The van der Waals surface area contributed by atoms with Crippen LogP contribution in [0.5, 0.6) is 0 Å². The third kappa shape index (κ3) is 2.66. The summed E-state index contributed by atoms with van der Waals surface area (Å²) < 4.78 is 14.7.